The van der Waals surface area contributed by atoms with Crippen molar-refractivity contribution in [3.05, 3.63) is 91.7 Å². The molecule has 14 heteroatoms. The van der Waals surface area contributed by atoms with Gasteiger partial charge in [-0.15, -0.1) is 0 Å². The summed E-state index contributed by atoms with van der Waals surface area (Å²) in [6.45, 7) is 3.81. The number of phenolic OH excluding ortho intramolecular Hbond substituents is 1. The topological polar surface area (TPSA) is 173 Å². The molecule has 6 N–H and O–H groups in total. The van der Waals surface area contributed by atoms with E-state index in [0.29, 0.717) is 48.9 Å². The van der Waals surface area contributed by atoms with Crippen LogP contribution in [0.1, 0.15) is 48.2 Å². The number of ether oxygens (including phenoxy) is 1. The highest BCUT2D eigenvalue weighted by Crippen LogP contribution is 2.60. The smallest absolute Gasteiger partial charge is 0.250 e. The van der Waals surface area contributed by atoms with Crippen molar-refractivity contribution in [3.8, 4) is 45.5 Å². The molecule has 3 aromatic heterocycles. The standard InChI is InChI=1S/C35H26BrCl2N5O6/c1-12(2)23-32-42-24-28(49-32)35(17-9-13(10-18(36)25(17)44)11-19(39)31(45)41-23)16-7-3-6-15(26(16)48-34(35)46)14-5-4-8-20-21(14)22(29(37)40-20)27-30(38)43-33(24)47-27/h3-10,12,19,23,34,40,44,46H,11,39H2,1-2H3,(H,41,45)/t19-,23-,34-,35-/m0/s1. The molecule has 10 bridgehead atoms. The van der Waals surface area contributed by atoms with E-state index < -0.39 is 29.7 Å². The van der Waals surface area contributed by atoms with E-state index in [2.05, 4.69) is 31.2 Å². The largest absolute Gasteiger partial charge is 0.506 e. The third-order valence-electron chi connectivity index (χ3n) is 9.70. The number of aliphatic hydroxyl groups excluding tert-OH is 1. The van der Waals surface area contributed by atoms with E-state index in [1.54, 1.807) is 12.1 Å². The van der Waals surface area contributed by atoms with E-state index in [1.807, 2.05) is 50.2 Å². The van der Waals surface area contributed by atoms with Crippen molar-refractivity contribution in [1.82, 2.24) is 20.3 Å². The molecule has 11 nitrogen and oxygen atoms in total. The average Bonchev–Trinajstić information content (AvgIpc) is 3.81. The Hall–Kier alpha value is -4.33. The number of hydrogen-bond acceptors (Lipinski definition) is 9. The molecule has 6 aromatic rings. The van der Waals surface area contributed by atoms with Crippen LogP contribution in [-0.2, 0) is 16.6 Å². The highest BCUT2D eigenvalue weighted by atomic mass is 79.9. The molecular formula is C35H26BrCl2N5O6. The highest BCUT2D eigenvalue weighted by molar-refractivity contribution is 9.10. The van der Waals surface area contributed by atoms with Crippen molar-refractivity contribution >= 4 is 55.9 Å². The molecule has 3 aromatic carbocycles. The predicted octanol–water partition coefficient (Wildman–Crippen LogP) is 6.98. The Balaban J connectivity index is 1.51. The highest BCUT2D eigenvalue weighted by Gasteiger charge is 2.59. The van der Waals surface area contributed by atoms with E-state index in [0.717, 1.165) is 0 Å². The predicted molar refractivity (Wildman–Crippen MR) is 184 cm³/mol. The van der Waals surface area contributed by atoms with Crippen molar-refractivity contribution in [2.24, 2.45) is 11.7 Å². The quantitative estimate of drug-likeness (QED) is 0.119. The van der Waals surface area contributed by atoms with E-state index in [9.17, 15) is 15.0 Å². The van der Waals surface area contributed by atoms with Crippen molar-refractivity contribution in [2.45, 2.75) is 44.1 Å². The van der Waals surface area contributed by atoms with Gasteiger partial charge in [0.05, 0.1) is 16.1 Å². The first kappa shape index (κ1) is 30.7. The van der Waals surface area contributed by atoms with Crippen LogP contribution in [0.15, 0.2) is 61.8 Å². The van der Waals surface area contributed by atoms with Gasteiger partial charge in [-0.05, 0) is 51.5 Å². The number of carbonyl (C=O) groups excluding carboxylic acids is 1. The molecule has 0 aliphatic carbocycles. The van der Waals surface area contributed by atoms with Crippen molar-refractivity contribution < 1.29 is 28.6 Å². The number of aliphatic hydroxyl groups is 1. The minimum absolute atomic E-state index is 0.0129. The van der Waals surface area contributed by atoms with E-state index in [-0.39, 0.29) is 63.0 Å². The van der Waals surface area contributed by atoms with Gasteiger partial charge in [0.15, 0.2) is 22.4 Å². The molecule has 0 saturated carbocycles. The Labute approximate surface area is 296 Å². The van der Waals surface area contributed by atoms with Gasteiger partial charge in [0.1, 0.15) is 28.1 Å². The summed E-state index contributed by atoms with van der Waals surface area (Å²) < 4.78 is 20.0. The zero-order valence-electron chi connectivity index (χ0n) is 25.8. The van der Waals surface area contributed by atoms with Gasteiger partial charge in [0, 0.05) is 27.6 Å². The molecule has 0 unspecified atom stereocenters. The first-order chi connectivity index (χ1) is 23.5. The molecule has 248 valence electrons. The third-order valence-corrected chi connectivity index (χ3v) is 10.8. The van der Waals surface area contributed by atoms with Crippen LogP contribution in [-0.4, -0.2) is 43.4 Å². The molecular weight excluding hydrogens is 737 g/mol. The molecule has 1 amide bonds. The van der Waals surface area contributed by atoms with Gasteiger partial charge in [-0.2, -0.15) is 4.98 Å². The second-order valence-electron chi connectivity index (χ2n) is 12.9. The number of hydrogen-bond donors (Lipinski definition) is 5. The lowest BCUT2D eigenvalue weighted by Crippen LogP contribution is -2.45. The summed E-state index contributed by atoms with van der Waals surface area (Å²) in [7, 11) is 0. The molecule has 3 aliphatic rings. The minimum atomic E-state index is -1.75. The number of nitrogens with one attached hydrogen (secondary N) is 2. The Morgan fingerprint density at radius 1 is 1.08 bits per heavy atom. The number of halogens is 3. The van der Waals surface area contributed by atoms with Crippen LogP contribution in [0.5, 0.6) is 11.5 Å². The summed E-state index contributed by atoms with van der Waals surface area (Å²) in [5, 5.41) is 28.3. The first-order valence-corrected chi connectivity index (χ1v) is 17.1. The summed E-state index contributed by atoms with van der Waals surface area (Å²) in [5.74, 6) is -0.178. The lowest BCUT2D eigenvalue weighted by molar-refractivity contribution is -0.123. The van der Waals surface area contributed by atoms with E-state index in [4.69, 9.17) is 47.5 Å². The van der Waals surface area contributed by atoms with Crippen LogP contribution in [0.3, 0.4) is 0 Å². The van der Waals surface area contributed by atoms with E-state index >= 15 is 0 Å². The number of oxazole rings is 2. The van der Waals surface area contributed by atoms with Gasteiger partial charge in [-0.1, -0.05) is 73.4 Å². The lowest BCUT2D eigenvalue weighted by Gasteiger charge is -2.32. The minimum Gasteiger partial charge on any atom is -0.506 e. The number of H-pyrrole nitrogens is 1. The number of aromatic amines is 1. The Kier molecular flexibility index (Phi) is 6.63. The molecule has 1 spiro atoms. The van der Waals surface area contributed by atoms with Gasteiger partial charge in [0.25, 0.3) is 5.89 Å². The number of phenols is 1. The van der Waals surface area contributed by atoms with Crippen LogP contribution in [0.2, 0.25) is 10.3 Å². The normalized spacial score (nSPS) is 22.2. The lowest BCUT2D eigenvalue weighted by atomic mass is 9.70. The van der Waals surface area contributed by atoms with Crippen molar-refractivity contribution in [2.75, 3.05) is 0 Å². The number of rotatable bonds is 1. The van der Waals surface area contributed by atoms with Gasteiger partial charge in [-0.25, -0.2) is 4.98 Å². The van der Waals surface area contributed by atoms with Crippen LogP contribution >= 0.6 is 39.1 Å². The number of nitrogens with zero attached hydrogens (tertiary/aromatic N) is 2. The summed E-state index contributed by atoms with van der Waals surface area (Å²) in [6, 6.07) is 12.9. The monoisotopic (exact) mass is 761 g/mol. The summed E-state index contributed by atoms with van der Waals surface area (Å²) in [4.78, 5) is 26.2. The van der Waals surface area contributed by atoms with Gasteiger partial charge < -0.3 is 39.8 Å². The van der Waals surface area contributed by atoms with Crippen LogP contribution in [0, 0.1) is 5.92 Å². The maximum absolute atomic E-state index is 13.5. The number of benzene rings is 3. The second kappa shape index (κ2) is 10.6. The summed E-state index contributed by atoms with van der Waals surface area (Å²) >= 11 is 17.2. The summed E-state index contributed by atoms with van der Waals surface area (Å²) in [6.07, 6.45) is -1.54. The maximum atomic E-state index is 13.5. The van der Waals surface area contributed by atoms with Crippen molar-refractivity contribution in [1.29, 1.82) is 0 Å². The van der Waals surface area contributed by atoms with Gasteiger partial charge >= 0.3 is 0 Å². The molecule has 3 aliphatic heterocycles. The molecule has 6 heterocycles. The van der Waals surface area contributed by atoms with Crippen LogP contribution in [0.4, 0.5) is 0 Å². The molecule has 49 heavy (non-hydrogen) atoms. The molecule has 0 saturated heterocycles. The first-order valence-electron chi connectivity index (χ1n) is 15.5. The number of aromatic nitrogens is 3. The van der Waals surface area contributed by atoms with Gasteiger partial charge in [0.2, 0.25) is 18.1 Å². The maximum Gasteiger partial charge on any atom is 0.250 e. The Morgan fingerprint density at radius 2 is 1.86 bits per heavy atom. The zero-order chi connectivity index (χ0) is 34.1. The second-order valence-corrected chi connectivity index (χ2v) is 14.5. The van der Waals surface area contributed by atoms with Crippen LogP contribution in [0.25, 0.3) is 44.9 Å². The summed E-state index contributed by atoms with van der Waals surface area (Å²) in [5.41, 5.74) is 8.60. The fraction of sp³-hybridized carbons (Fsp3) is 0.229. The molecule has 4 atom stereocenters. The number of amides is 1. The third kappa shape index (κ3) is 4.12. The number of carbonyl (C=O) groups is 1. The van der Waals surface area contributed by atoms with Crippen LogP contribution < -0.4 is 15.8 Å². The number of para-hydroxylation sites is 1. The SMILES string of the molecule is CC(C)[C@@H]1NC(=O)[C@@H](N)Cc2cc(Br)c(O)c(c2)[C@]23c4cccc(c4O[C@@H]2O)-c2cccc4[nH]c(Cl)c(c24)-c2oc(nc2Cl)-c2nc1oc23. The van der Waals surface area contributed by atoms with Gasteiger partial charge in [-0.3, -0.25) is 4.79 Å². The van der Waals surface area contributed by atoms with Crippen molar-refractivity contribution in [3.63, 3.8) is 0 Å². The fourth-order valence-electron chi connectivity index (χ4n) is 7.44. The number of fused-ring (bicyclic) bond motifs is 8. The average molecular weight is 763 g/mol. The molecule has 0 radical (unpaired) electrons. The molecule has 0 fully saturated rings. The molecule has 9 rings (SSSR count). The Morgan fingerprint density at radius 3 is 2.65 bits per heavy atom. The van der Waals surface area contributed by atoms with E-state index in [1.165, 1.54) is 0 Å². The fourth-order valence-corrected chi connectivity index (χ4v) is 8.44. The number of nitrogens with two attached hydrogens (primary N) is 1. The Bertz CT molecular complexity index is 2400. The zero-order valence-corrected chi connectivity index (χ0v) is 28.9. The number of aromatic hydroxyl groups is 1.